The first-order valence-corrected chi connectivity index (χ1v) is 11.3. The van der Waals surface area contributed by atoms with Crippen molar-refractivity contribution in [3.63, 3.8) is 0 Å². The Kier molecular flexibility index (Phi) is 6.57. The van der Waals surface area contributed by atoms with Crippen LogP contribution in [0.4, 0.5) is 17.1 Å². The molecular weight excluding hydrogens is 494 g/mol. The van der Waals surface area contributed by atoms with Crippen molar-refractivity contribution in [3.8, 4) is 11.5 Å². The van der Waals surface area contributed by atoms with Crippen LogP contribution >= 0.6 is 27.3 Å². The number of nitrogens with zero attached hydrogens (tertiary/aromatic N) is 2. The summed E-state index contributed by atoms with van der Waals surface area (Å²) in [5.74, 6) is 0.564. The lowest BCUT2D eigenvalue weighted by molar-refractivity contribution is -0.120. The van der Waals surface area contributed by atoms with E-state index in [2.05, 4.69) is 21.2 Å². The maximum Gasteiger partial charge on any atom is 0.244 e. The number of methoxy groups -OCH3 is 2. The zero-order chi connectivity index (χ0) is 22.7. The number of rotatable bonds is 6. The standard InChI is InChI=1S/C23H20BrN3O4S/c1-30-15-9-14(10-16(11-15)31-2)25-22(28)13-27-19-6-4-3-5-17(19)26-18(12-23(27)29)20-7-8-21(24)32-20/h3-11H,12-13H2,1-2H3,(H,25,28). The van der Waals surface area contributed by atoms with Crippen LogP contribution in [0.5, 0.6) is 11.5 Å². The summed E-state index contributed by atoms with van der Waals surface area (Å²) >= 11 is 4.98. The Labute approximate surface area is 197 Å². The third-order valence-electron chi connectivity index (χ3n) is 4.84. The molecule has 7 nitrogen and oxygen atoms in total. The van der Waals surface area contributed by atoms with Crippen LogP contribution in [0.2, 0.25) is 0 Å². The molecule has 0 radical (unpaired) electrons. The van der Waals surface area contributed by atoms with Crippen molar-refractivity contribution in [1.82, 2.24) is 0 Å². The van der Waals surface area contributed by atoms with Gasteiger partial charge in [-0.3, -0.25) is 9.59 Å². The molecule has 2 heterocycles. The number of fused-ring (bicyclic) bond motifs is 1. The van der Waals surface area contributed by atoms with Gasteiger partial charge in [0.2, 0.25) is 11.8 Å². The molecular formula is C23H20BrN3O4S. The van der Waals surface area contributed by atoms with Gasteiger partial charge in [0, 0.05) is 23.9 Å². The van der Waals surface area contributed by atoms with Crippen LogP contribution in [0, 0.1) is 0 Å². The van der Waals surface area contributed by atoms with Gasteiger partial charge in [0.25, 0.3) is 0 Å². The highest BCUT2D eigenvalue weighted by molar-refractivity contribution is 9.11. The molecule has 1 aliphatic rings. The number of para-hydroxylation sites is 2. The van der Waals surface area contributed by atoms with E-state index in [1.54, 1.807) is 24.3 Å². The lowest BCUT2D eigenvalue weighted by Crippen LogP contribution is -2.38. The van der Waals surface area contributed by atoms with Crippen molar-refractivity contribution >= 4 is 61.9 Å². The lowest BCUT2D eigenvalue weighted by Gasteiger charge is -2.22. The van der Waals surface area contributed by atoms with Crippen molar-refractivity contribution in [2.45, 2.75) is 6.42 Å². The molecule has 0 saturated heterocycles. The number of carbonyl (C=O) groups excluding carboxylic acids is 2. The minimum absolute atomic E-state index is 0.0991. The minimum atomic E-state index is -0.342. The highest BCUT2D eigenvalue weighted by Crippen LogP contribution is 2.34. The van der Waals surface area contributed by atoms with Gasteiger partial charge in [0.1, 0.15) is 18.0 Å². The molecule has 0 atom stereocenters. The highest BCUT2D eigenvalue weighted by atomic mass is 79.9. The normalized spacial score (nSPS) is 13.2. The number of halogens is 1. The summed E-state index contributed by atoms with van der Waals surface area (Å²) in [6, 6.07) is 16.3. The predicted molar refractivity (Wildman–Crippen MR) is 130 cm³/mol. The Balaban J connectivity index is 1.58. The number of ether oxygens (including phenoxy) is 2. The van der Waals surface area contributed by atoms with E-state index in [9.17, 15) is 9.59 Å². The summed E-state index contributed by atoms with van der Waals surface area (Å²) in [6.45, 7) is -0.147. The summed E-state index contributed by atoms with van der Waals surface area (Å²) in [5.41, 5.74) is 2.44. The van der Waals surface area contributed by atoms with E-state index in [4.69, 9.17) is 14.5 Å². The fraction of sp³-hybridized carbons (Fsp3) is 0.174. The molecule has 9 heteroatoms. The molecule has 164 valence electrons. The van der Waals surface area contributed by atoms with Gasteiger partial charge in [0.15, 0.2) is 0 Å². The summed E-state index contributed by atoms with van der Waals surface area (Å²) in [6.07, 6.45) is 0.0991. The zero-order valence-corrected chi connectivity index (χ0v) is 19.8. The Morgan fingerprint density at radius 1 is 1.12 bits per heavy atom. The fourth-order valence-corrected chi connectivity index (χ4v) is 4.73. The molecule has 0 unspecified atom stereocenters. The Bertz CT molecular complexity index is 1190. The SMILES string of the molecule is COc1cc(NC(=O)CN2C(=O)CC(c3ccc(Br)s3)=Nc3ccccc32)cc(OC)c1. The molecule has 1 aliphatic heterocycles. The van der Waals surface area contributed by atoms with E-state index in [1.807, 2.05) is 30.3 Å². The average Bonchev–Trinajstić information content (AvgIpc) is 3.17. The van der Waals surface area contributed by atoms with Crippen LogP contribution in [0.1, 0.15) is 11.3 Å². The lowest BCUT2D eigenvalue weighted by atomic mass is 10.2. The summed E-state index contributed by atoms with van der Waals surface area (Å²) < 4.78 is 11.5. The van der Waals surface area contributed by atoms with Crippen molar-refractivity contribution in [2.24, 2.45) is 4.99 Å². The Morgan fingerprint density at radius 3 is 2.50 bits per heavy atom. The maximum atomic E-state index is 13.2. The smallest absolute Gasteiger partial charge is 0.244 e. The van der Waals surface area contributed by atoms with Crippen molar-refractivity contribution < 1.29 is 19.1 Å². The first-order valence-electron chi connectivity index (χ1n) is 9.72. The Morgan fingerprint density at radius 2 is 1.84 bits per heavy atom. The van der Waals surface area contributed by atoms with Gasteiger partial charge in [-0.25, -0.2) is 4.99 Å². The van der Waals surface area contributed by atoms with Crippen LogP contribution in [0.3, 0.4) is 0 Å². The number of anilines is 2. The molecule has 0 saturated carbocycles. The number of aliphatic imine (C=N–C) groups is 1. The number of amides is 2. The van der Waals surface area contributed by atoms with Crippen LogP contribution < -0.4 is 19.7 Å². The number of hydrogen-bond acceptors (Lipinski definition) is 6. The molecule has 2 aromatic carbocycles. The molecule has 0 bridgehead atoms. The molecule has 0 spiro atoms. The van der Waals surface area contributed by atoms with E-state index in [0.717, 1.165) is 8.66 Å². The van der Waals surface area contributed by atoms with Crippen molar-refractivity contribution in [1.29, 1.82) is 0 Å². The van der Waals surface area contributed by atoms with Crippen molar-refractivity contribution in [2.75, 3.05) is 31.0 Å². The second-order valence-corrected chi connectivity index (χ2v) is 9.42. The number of benzene rings is 2. The zero-order valence-electron chi connectivity index (χ0n) is 17.4. The minimum Gasteiger partial charge on any atom is -0.497 e. The fourth-order valence-electron chi connectivity index (χ4n) is 3.35. The largest absolute Gasteiger partial charge is 0.497 e. The third kappa shape index (κ3) is 4.84. The number of nitrogens with one attached hydrogen (secondary N) is 1. The molecule has 1 aromatic heterocycles. The number of hydrogen-bond donors (Lipinski definition) is 1. The number of thiophene rings is 1. The van der Waals surface area contributed by atoms with Crippen LogP contribution in [-0.2, 0) is 9.59 Å². The Hall–Kier alpha value is -3.17. The van der Waals surface area contributed by atoms with E-state index in [-0.39, 0.29) is 24.8 Å². The van der Waals surface area contributed by atoms with Gasteiger partial charge in [-0.1, -0.05) is 12.1 Å². The van der Waals surface area contributed by atoms with Crippen LogP contribution in [0.25, 0.3) is 0 Å². The average molecular weight is 514 g/mol. The molecule has 1 N–H and O–H groups in total. The topological polar surface area (TPSA) is 80.2 Å². The highest BCUT2D eigenvalue weighted by Gasteiger charge is 2.27. The molecule has 0 fully saturated rings. The molecule has 4 rings (SSSR count). The van der Waals surface area contributed by atoms with Crippen LogP contribution in [0.15, 0.2) is 63.4 Å². The monoisotopic (exact) mass is 513 g/mol. The van der Waals surface area contributed by atoms with E-state index in [1.165, 1.54) is 30.5 Å². The van der Waals surface area contributed by atoms with Crippen LogP contribution in [-0.4, -0.2) is 38.3 Å². The summed E-state index contributed by atoms with van der Waals surface area (Å²) in [5, 5.41) is 2.82. The summed E-state index contributed by atoms with van der Waals surface area (Å²) in [4.78, 5) is 33.2. The first kappa shape index (κ1) is 22.0. The molecule has 3 aromatic rings. The molecule has 2 amide bonds. The molecule has 32 heavy (non-hydrogen) atoms. The van der Waals surface area contributed by atoms with Crippen molar-refractivity contribution in [3.05, 3.63) is 63.3 Å². The van der Waals surface area contributed by atoms with Gasteiger partial charge in [-0.2, -0.15) is 0 Å². The summed E-state index contributed by atoms with van der Waals surface area (Å²) in [7, 11) is 3.08. The first-order chi connectivity index (χ1) is 15.5. The quantitative estimate of drug-likeness (QED) is 0.501. The van der Waals surface area contributed by atoms with E-state index >= 15 is 0 Å². The molecule has 0 aliphatic carbocycles. The van der Waals surface area contributed by atoms with Gasteiger partial charge >= 0.3 is 0 Å². The van der Waals surface area contributed by atoms with Gasteiger partial charge in [0.05, 0.1) is 46.4 Å². The second kappa shape index (κ2) is 9.54. The maximum absolute atomic E-state index is 13.2. The van der Waals surface area contributed by atoms with E-state index in [0.29, 0.717) is 34.3 Å². The van der Waals surface area contributed by atoms with Gasteiger partial charge in [-0.15, -0.1) is 11.3 Å². The second-order valence-electron chi connectivity index (χ2n) is 6.96. The van der Waals surface area contributed by atoms with E-state index < -0.39 is 0 Å². The van der Waals surface area contributed by atoms with Gasteiger partial charge in [-0.05, 0) is 40.2 Å². The number of carbonyl (C=O) groups is 2. The third-order valence-corrected chi connectivity index (χ3v) is 6.51. The predicted octanol–water partition coefficient (Wildman–Crippen LogP) is 5.02. The van der Waals surface area contributed by atoms with Gasteiger partial charge < -0.3 is 19.7 Å².